The molecule has 1 rings (SSSR count). The van der Waals surface area contributed by atoms with E-state index in [0.29, 0.717) is 0 Å². The Hall–Kier alpha value is -2.92. The summed E-state index contributed by atoms with van der Waals surface area (Å²) in [7, 11) is 0. The number of Topliss-reactive ketones (excluding diaryl/α,β-unsaturated/α-hetero) is 1. The lowest BCUT2D eigenvalue weighted by Gasteiger charge is -1.92. The normalized spacial score (nSPS) is 9.03. The molecule has 0 aromatic heterocycles. The summed E-state index contributed by atoms with van der Waals surface area (Å²) in [5.74, 6) is -0.0156. The summed E-state index contributed by atoms with van der Waals surface area (Å²) in [6, 6.07) is 6.40. The fourth-order valence-electron chi connectivity index (χ4n) is 1.40. The lowest BCUT2D eigenvalue weighted by Crippen LogP contribution is -1.88. The molecular weight excluding hydrogens is 491 g/mol. The largest absolute Gasteiger partial charge is 0.295 e. The van der Waals surface area contributed by atoms with E-state index in [9.17, 15) is 9.18 Å². The third-order valence-corrected chi connectivity index (χ3v) is 4.36. The highest BCUT2D eigenvalue weighted by Crippen LogP contribution is 2.03. The highest BCUT2D eigenvalue weighted by molar-refractivity contribution is 5.92. The molecule has 0 atom stereocenters. The molecule has 0 saturated heterocycles. The maximum Gasteiger partial charge on any atom is 0.155 e. The molecule has 0 aliphatic carbocycles. The van der Waals surface area contributed by atoms with Crippen LogP contribution in [0.4, 0.5) is 4.39 Å². The zero-order chi connectivity index (χ0) is 33.4. The van der Waals surface area contributed by atoms with Crippen LogP contribution in [-0.4, -0.2) is 5.78 Å². The second-order valence-corrected chi connectivity index (χ2v) is 8.13. The van der Waals surface area contributed by atoms with E-state index in [1.54, 1.807) is 25.1 Å². The van der Waals surface area contributed by atoms with Gasteiger partial charge in [0.05, 0.1) is 0 Å². The number of hydrogen-bond donors (Lipinski definition) is 0. The minimum Gasteiger partial charge on any atom is -0.295 e. The van der Waals surface area contributed by atoms with Gasteiger partial charge in [-0.1, -0.05) is 140 Å². The number of ketones is 1. The summed E-state index contributed by atoms with van der Waals surface area (Å²) in [5, 5.41) is 0. The first-order valence-electron chi connectivity index (χ1n) is 14.7. The molecule has 0 N–H and O–H groups in total. The number of terminal acetylenes is 1. The Balaban J connectivity index is -0.0000000663. The summed E-state index contributed by atoms with van der Waals surface area (Å²) in [5.41, 5.74) is 4.39. The first-order valence-corrected chi connectivity index (χ1v) is 14.7. The van der Waals surface area contributed by atoms with Crippen molar-refractivity contribution in [2.75, 3.05) is 0 Å². The van der Waals surface area contributed by atoms with E-state index in [0.717, 1.165) is 23.1 Å². The molecule has 1 nitrogen and oxygen atoms in total. The van der Waals surface area contributed by atoms with Crippen molar-refractivity contribution in [3.63, 3.8) is 0 Å². The Morgan fingerprint density at radius 3 is 1.30 bits per heavy atom. The standard InChI is InChI=1S/C10H16.C7H7F.C6H10O.2C4H10.C3H6.C2H6.C2H2/c1-5-10(6-2)8-7-9(3)4;1-6-2-4-7(8)5-3-6;1-4-5(2)6(3)7;2*1-3-4-2;1-3-2;2*1-2/h5,7-8H,3,6H2,1-2,4H3;2-5H,1H3;4H,1-3H3;2*3-4H2,1-2H3;3H,1H2,2H3;1-2H3;1-2H/b8-7-,10-5-;;5-4+;;;;;. The number of allylic oxidation sites excluding steroid dienone is 8. The Morgan fingerprint density at radius 2 is 1.15 bits per heavy atom. The monoisotopic (exact) mass is 559 g/mol. The second kappa shape index (κ2) is 52.5. The van der Waals surface area contributed by atoms with E-state index in [-0.39, 0.29) is 11.6 Å². The fourth-order valence-corrected chi connectivity index (χ4v) is 1.40. The SMILES string of the molecule is C#C.C/C=C(\C)C(C)=O.C=C(C)/C=C\C(=C/C)CC.C=CC.CC.CCCC.CCCC.Cc1ccc(F)cc1. The predicted molar refractivity (Wildman–Crippen MR) is 188 cm³/mol. The van der Waals surface area contributed by atoms with Crippen molar-refractivity contribution in [2.24, 2.45) is 0 Å². The maximum absolute atomic E-state index is 12.1. The number of carbonyl (C=O) groups is 1. The molecule has 0 bridgehead atoms. The summed E-state index contributed by atoms with van der Waals surface area (Å²) >= 11 is 0. The number of carbonyl (C=O) groups excluding carboxylic acids is 1. The minimum absolute atomic E-state index is 0.155. The van der Waals surface area contributed by atoms with Crippen molar-refractivity contribution in [1.29, 1.82) is 0 Å². The van der Waals surface area contributed by atoms with Crippen molar-refractivity contribution < 1.29 is 9.18 Å². The van der Waals surface area contributed by atoms with Gasteiger partial charge in [-0.3, -0.25) is 4.79 Å². The molecule has 40 heavy (non-hydrogen) atoms. The van der Waals surface area contributed by atoms with Gasteiger partial charge in [0.15, 0.2) is 5.78 Å². The Kier molecular flexibility index (Phi) is 70.0. The first-order chi connectivity index (χ1) is 18.9. The first kappa shape index (κ1) is 53.3. The van der Waals surface area contributed by atoms with Crippen molar-refractivity contribution in [3.8, 4) is 12.8 Å². The second-order valence-electron chi connectivity index (χ2n) is 8.13. The molecule has 0 radical (unpaired) electrons. The smallest absolute Gasteiger partial charge is 0.155 e. The van der Waals surface area contributed by atoms with Crippen molar-refractivity contribution in [1.82, 2.24) is 0 Å². The predicted octanol–water partition coefficient (Wildman–Crippen LogP) is 13.2. The molecular formula is C38H67FO. The molecule has 0 fully saturated rings. The van der Waals surface area contributed by atoms with Gasteiger partial charge in [0.1, 0.15) is 5.82 Å². The summed E-state index contributed by atoms with van der Waals surface area (Å²) in [6.45, 7) is 35.1. The number of unbranched alkanes of at least 4 members (excludes halogenated alkanes) is 2. The van der Waals surface area contributed by atoms with Crippen LogP contribution in [-0.2, 0) is 4.79 Å². The molecule has 0 saturated carbocycles. The molecule has 0 aliphatic rings. The van der Waals surface area contributed by atoms with E-state index >= 15 is 0 Å². The van der Waals surface area contributed by atoms with Crippen molar-refractivity contribution >= 4 is 5.78 Å². The van der Waals surface area contributed by atoms with Crippen LogP contribution >= 0.6 is 0 Å². The lowest BCUT2D eigenvalue weighted by atomic mass is 10.1. The highest BCUT2D eigenvalue weighted by atomic mass is 19.1. The highest BCUT2D eigenvalue weighted by Gasteiger charge is 1.89. The van der Waals surface area contributed by atoms with Crippen molar-refractivity contribution in [2.45, 2.75) is 129 Å². The lowest BCUT2D eigenvalue weighted by molar-refractivity contribution is -0.113. The number of halogens is 1. The maximum atomic E-state index is 12.1. The average Bonchev–Trinajstić information content (AvgIpc) is 2.98. The average molecular weight is 559 g/mol. The van der Waals surface area contributed by atoms with Crippen LogP contribution in [0.15, 0.2) is 84.5 Å². The number of hydrogen-bond acceptors (Lipinski definition) is 1. The quantitative estimate of drug-likeness (QED) is 0.147. The van der Waals surface area contributed by atoms with Gasteiger partial charge in [-0.2, -0.15) is 0 Å². The third-order valence-electron chi connectivity index (χ3n) is 4.36. The van der Waals surface area contributed by atoms with Gasteiger partial charge < -0.3 is 0 Å². The summed E-state index contributed by atoms with van der Waals surface area (Å²) in [6.07, 6.45) is 24.2. The van der Waals surface area contributed by atoms with Crippen LogP contribution in [0.25, 0.3) is 0 Å². The van der Waals surface area contributed by atoms with E-state index in [1.165, 1.54) is 43.4 Å². The molecule has 0 aliphatic heterocycles. The van der Waals surface area contributed by atoms with Crippen molar-refractivity contribution in [3.05, 3.63) is 95.9 Å². The van der Waals surface area contributed by atoms with Crippen LogP contribution in [0, 0.1) is 25.6 Å². The summed E-state index contributed by atoms with van der Waals surface area (Å²) < 4.78 is 12.1. The van der Waals surface area contributed by atoms with Gasteiger partial charge in [0.25, 0.3) is 0 Å². The van der Waals surface area contributed by atoms with E-state index < -0.39 is 0 Å². The molecule has 232 valence electrons. The molecule has 0 heterocycles. The van der Waals surface area contributed by atoms with E-state index in [2.05, 4.69) is 79.7 Å². The molecule has 1 aromatic rings. The number of benzene rings is 1. The molecule has 1 aromatic carbocycles. The third kappa shape index (κ3) is 70.3. The molecule has 0 unspecified atom stereocenters. The molecule has 2 heteroatoms. The van der Waals surface area contributed by atoms with Crippen LogP contribution < -0.4 is 0 Å². The number of rotatable bonds is 6. The van der Waals surface area contributed by atoms with Crippen LogP contribution in [0.5, 0.6) is 0 Å². The Labute approximate surface area is 252 Å². The Bertz CT molecular complexity index is 714. The van der Waals surface area contributed by atoms with E-state index in [4.69, 9.17) is 0 Å². The molecule has 0 spiro atoms. The van der Waals surface area contributed by atoms with Crippen LogP contribution in [0.3, 0.4) is 0 Å². The zero-order valence-corrected chi connectivity index (χ0v) is 29.1. The van der Waals surface area contributed by atoms with Gasteiger partial charge in [0.2, 0.25) is 0 Å². The van der Waals surface area contributed by atoms with Gasteiger partial charge >= 0.3 is 0 Å². The zero-order valence-electron chi connectivity index (χ0n) is 29.1. The van der Waals surface area contributed by atoms with Gasteiger partial charge in [-0.25, -0.2) is 4.39 Å². The number of aryl methyl sites for hydroxylation is 1. The fraction of sp³-hybridized carbons (Fsp3) is 0.500. The van der Waals surface area contributed by atoms with E-state index in [1.807, 2.05) is 60.6 Å². The summed E-state index contributed by atoms with van der Waals surface area (Å²) in [4.78, 5) is 10.3. The van der Waals surface area contributed by atoms with Crippen LogP contribution in [0.2, 0.25) is 0 Å². The van der Waals surface area contributed by atoms with Gasteiger partial charge in [0, 0.05) is 0 Å². The van der Waals surface area contributed by atoms with Crippen LogP contribution in [0.1, 0.15) is 128 Å². The molecule has 0 amide bonds. The topological polar surface area (TPSA) is 17.1 Å². The minimum atomic E-state index is -0.171. The van der Waals surface area contributed by atoms with Gasteiger partial charge in [-0.15, -0.1) is 19.4 Å². The Morgan fingerprint density at radius 1 is 0.800 bits per heavy atom. The van der Waals surface area contributed by atoms with Gasteiger partial charge in [-0.05, 0) is 72.6 Å².